The predicted molar refractivity (Wildman–Crippen MR) is 113 cm³/mol. The molecule has 2 aliphatic heterocycles. The monoisotopic (exact) mass is 412 g/mol. The average Bonchev–Trinajstić information content (AvgIpc) is 3.17. The van der Waals surface area contributed by atoms with E-state index < -0.39 is 0 Å². The Balaban J connectivity index is 1.35. The fourth-order valence-electron chi connectivity index (χ4n) is 4.42. The Labute approximate surface area is 178 Å². The van der Waals surface area contributed by atoms with Crippen LogP contribution in [0, 0.1) is 5.92 Å². The van der Waals surface area contributed by atoms with Gasteiger partial charge in [0.2, 0.25) is 11.8 Å². The topological polar surface area (TPSA) is 76.4 Å². The summed E-state index contributed by atoms with van der Waals surface area (Å²) in [4.78, 5) is 21.2. The van der Waals surface area contributed by atoms with Crippen LogP contribution in [0.5, 0.6) is 5.88 Å². The van der Waals surface area contributed by atoms with Gasteiger partial charge in [-0.3, -0.25) is 9.69 Å². The molecule has 0 atom stereocenters. The van der Waals surface area contributed by atoms with Gasteiger partial charge < -0.3 is 14.2 Å². The van der Waals surface area contributed by atoms with Gasteiger partial charge in [-0.1, -0.05) is 19.9 Å². The molecule has 0 radical (unpaired) electrons. The number of ether oxygens (including phenoxy) is 1. The normalized spacial score (nSPS) is 17.9. The van der Waals surface area contributed by atoms with Crippen molar-refractivity contribution in [1.82, 2.24) is 29.5 Å². The number of amides is 1. The highest BCUT2D eigenvalue weighted by molar-refractivity contribution is 5.76. The summed E-state index contributed by atoms with van der Waals surface area (Å²) in [6.07, 6.45) is 2.59. The summed E-state index contributed by atoms with van der Waals surface area (Å²) < 4.78 is 7.53. The first-order valence-corrected chi connectivity index (χ1v) is 11.0. The fourth-order valence-corrected chi connectivity index (χ4v) is 4.42. The third-order valence-corrected chi connectivity index (χ3v) is 6.03. The van der Waals surface area contributed by atoms with Crippen LogP contribution in [-0.4, -0.2) is 62.2 Å². The summed E-state index contributed by atoms with van der Waals surface area (Å²) >= 11 is 0. The molecule has 4 rings (SSSR count). The second-order valence-electron chi connectivity index (χ2n) is 8.76. The van der Waals surface area contributed by atoms with E-state index >= 15 is 0 Å². The van der Waals surface area contributed by atoms with E-state index in [4.69, 9.17) is 4.74 Å². The van der Waals surface area contributed by atoms with Gasteiger partial charge in [0, 0.05) is 51.1 Å². The maximum atomic E-state index is 12.3. The van der Waals surface area contributed by atoms with Crippen molar-refractivity contribution in [1.29, 1.82) is 0 Å². The molecule has 0 spiro atoms. The van der Waals surface area contributed by atoms with Crippen molar-refractivity contribution in [3.63, 3.8) is 0 Å². The van der Waals surface area contributed by atoms with E-state index in [9.17, 15) is 4.79 Å². The molecule has 8 nitrogen and oxygen atoms in total. The van der Waals surface area contributed by atoms with Crippen LogP contribution in [0.2, 0.25) is 0 Å². The van der Waals surface area contributed by atoms with Crippen molar-refractivity contribution in [2.24, 2.45) is 5.92 Å². The summed E-state index contributed by atoms with van der Waals surface area (Å²) in [6, 6.07) is 5.87. The summed E-state index contributed by atoms with van der Waals surface area (Å²) in [7, 11) is 1.64. The van der Waals surface area contributed by atoms with Crippen molar-refractivity contribution >= 4 is 5.91 Å². The van der Waals surface area contributed by atoms with E-state index in [0.717, 1.165) is 69.5 Å². The molecule has 1 amide bonds. The summed E-state index contributed by atoms with van der Waals surface area (Å²) in [5.41, 5.74) is 1.00. The first kappa shape index (κ1) is 20.8. The number of piperidine rings is 1. The highest BCUT2D eigenvalue weighted by atomic mass is 16.5. The van der Waals surface area contributed by atoms with E-state index in [1.54, 1.807) is 7.11 Å². The molecule has 2 aromatic heterocycles. The molecule has 0 aliphatic carbocycles. The molecule has 2 aliphatic rings. The number of nitrogens with zero attached hydrogens (tertiary/aromatic N) is 6. The number of aromatic nitrogens is 4. The lowest BCUT2D eigenvalue weighted by Gasteiger charge is -2.33. The Hall–Kier alpha value is -2.48. The van der Waals surface area contributed by atoms with Crippen LogP contribution in [-0.2, 0) is 24.4 Å². The molecule has 8 heteroatoms. The minimum Gasteiger partial charge on any atom is -0.481 e. The van der Waals surface area contributed by atoms with E-state index in [2.05, 4.69) is 38.5 Å². The van der Waals surface area contributed by atoms with Crippen LogP contribution in [0.25, 0.3) is 0 Å². The predicted octanol–water partition coefficient (Wildman–Crippen LogP) is 2.45. The first-order chi connectivity index (χ1) is 14.5. The Bertz CT molecular complexity index is 872. The minimum absolute atomic E-state index is 0.286. The summed E-state index contributed by atoms with van der Waals surface area (Å²) in [5, 5.41) is 9.05. The average molecular weight is 413 g/mol. The van der Waals surface area contributed by atoms with Crippen molar-refractivity contribution in [3.8, 4) is 5.88 Å². The second kappa shape index (κ2) is 9.12. The molecule has 0 unspecified atom stereocenters. The largest absolute Gasteiger partial charge is 0.481 e. The number of hydrogen-bond donors (Lipinski definition) is 0. The number of methoxy groups -OCH3 is 1. The summed E-state index contributed by atoms with van der Waals surface area (Å²) in [6.45, 7) is 9.24. The quantitative estimate of drug-likeness (QED) is 0.725. The first-order valence-electron chi connectivity index (χ1n) is 11.0. The van der Waals surface area contributed by atoms with Crippen LogP contribution < -0.4 is 4.74 Å². The summed E-state index contributed by atoms with van der Waals surface area (Å²) in [5.74, 6) is 3.86. The van der Waals surface area contributed by atoms with Crippen LogP contribution in [0.15, 0.2) is 18.2 Å². The van der Waals surface area contributed by atoms with Crippen LogP contribution in [0.3, 0.4) is 0 Å². The molecule has 2 aromatic rings. The Morgan fingerprint density at radius 3 is 2.70 bits per heavy atom. The molecule has 30 heavy (non-hydrogen) atoms. The maximum Gasteiger partial charge on any atom is 0.222 e. The smallest absolute Gasteiger partial charge is 0.222 e. The van der Waals surface area contributed by atoms with Crippen LogP contribution in [0.1, 0.15) is 56.4 Å². The number of likely N-dealkylation sites (tertiary alicyclic amines) is 1. The van der Waals surface area contributed by atoms with Gasteiger partial charge in [-0.2, -0.15) is 0 Å². The number of fused-ring (bicyclic) bond motifs is 1. The van der Waals surface area contributed by atoms with E-state index in [1.807, 2.05) is 23.1 Å². The molecule has 1 saturated heterocycles. The van der Waals surface area contributed by atoms with Crippen molar-refractivity contribution in [2.75, 3.05) is 26.7 Å². The van der Waals surface area contributed by atoms with Crippen molar-refractivity contribution in [3.05, 3.63) is 35.5 Å². The van der Waals surface area contributed by atoms with Gasteiger partial charge >= 0.3 is 0 Å². The maximum absolute atomic E-state index is 12.3. The molecule has 0 N–H and O–H groups in total. The zero-order valence-electron chi connectivity index (χ0n) is 18.3. The lowest BCUT2D eigenvalue weighted by atomic mass is 9.95. The zero-order valence-corrected chi connectivity index (χ0v) is 18.3. The number of hydrogen-bond acceptors (Lipinski definition) is 6. The fraction of sp³-hybridized carbons (Fsp3) is 0.636. The number of carbonyl (C=O) groups is 1. The van der Waals surface area contributed by atoms with Gasteiger partial charge in [-0.05, 0) is 24.8 Å². The van der Waals surface area contributed by atoms with E-state index in [0.29, 0.717) is 24.1 Å². The molecule has 0 saturated carbocycles. The van der Waals surface area contributed by atoms with Crippen LogP contribution in [0.4, 0.5) is 0 Å². The van der Waals surface area contributed by atoms with Gasteiger partial charge in [0.15, 0.2) is 0 Å². The zero-order chi connectivity index (χ0) is 21.1. The highest BCUT2D eigenvalue weighted by Crippen LogP contribution is 2.29. The standard InChI is InChI=1S/C22H32N6O2/c1-16(2)13-21(29)27-9-7-17(8-10-27)22-25-24-19-15-26(11-12-28(19)22)14-18-5-4-6-20(23-18)30-3/h4-6,16-17H,7-15H2,1-3H3. The molecular formula is C22H32N6O2. The van der Waals surface area contributed by atoms with Crippen molar-refractivity contribution < 1.29 is 9.53 Å². The van der Waals surface area contributed by atoms with Gasteiger partial charge in [-0.25, -0.2) is 4.98 Å². The van der Waals surface area contributed by atoms with E-state index in [-0.39, 0.29) is 5.91 Å². The molecular weight excluding hydrogens is 380 g/mol. The van der Waals surface area contributed by atoms with Crippen LogP contribution >= 0.6 is 0 Å². The highest BCUT2D eigenvalue weighted by Gasteiger charge is 2.30. The lowest BCUT2D eigenvalue weighted by Crippen LogP contribution is -2.39. The molecule has 0 aromatic carbocycles. The van der Waals surface area contributed by atoms with E-state index in [1.165, 1.54) is 0 Å². The molecule has 1 fully saturated rings. The Kier molecular flexibility index (Phi) is 6.32. The Morgan fingerprint density at radius 1 is 1.17 bits per heavy atom. The number of rotatable bonds is 6. The SMILES string of the molecule is COc1cccc(CN2CCn3c(nnc3C3CCN(C(=O)CC(C)C)CC3)C2)n1. The van der Waals surface area contributed by atoms with Crippen molar-refractivity contribution in [2.45, 2.75) is 58.7 Å². The Morgan fingerprint density at radius 2 is 1.97 bits per heavy atom. The molecule has 162 valence electrons. The molecule has 4 heterocycles. The number of carbonyl (C=O) groups excluding carboxylic acids is 1. The van der Waals surface area contributed by atoms with Gasteiger partial charge in [0.05, 0.1) is 19.3 Å². The lowest BCUT2D eigenvalue weighted by molar-refractivity contribution is -0.133. The van der Waals surface area contributed by atoms with Gasteiger partial charge in [0.1, 0.15) is 11.6 Å². The third kappa shape index (κ3) is 4.64. The third-order valence-electron chi connectivity index (χ3n) is 6.03. The molecule has 0 bridgehead atoms. The number of pyridine rings is 1. The second-order valence-corrected chi connectivity index (χ2v) is 8.76. The minimum atomic E-state index is 0.286. The van der Waals surface area contributed by atoms with Gasteiger partial charge in [-0.15, -0.1) is 10.2 Å². The van der Waals surface area contributed by atoms with Gasteiger partial charge in [0.25, 0.3) is 0 Å².